The zero-order valence-electron chi connectivity index (χ0n) is 12.5. The van der Waals surface area contributed by atoms with E-state index < -0.39 is 11.5 Å². The largest absolute Gasteiger partial charge is 0.480 e. The van der Waals surface area contributed by atoms with Gasteiger partial charge in [0.2, 0.25) is 0 Å². The first-order valence-electron chi connectivity index (χ1n) is 7.21. The van der Waals surface area contributed by atoms with Gasteiger partial charge >= 0.3 is 12.0 Å². The molecule has 0 spiro atoms. The van der Waals surface area contributed by atoms with Crippen molar-refractivity contribution in [2.75, 3.05) is 7.05 Å². The van der Waals surface area contributed by atoms with Gasteiger partial charge in [-0.15, -0.1) is 0 Å². The Bertz CT molecular complexity index is 503. The first-order valence-corrected chi connectivity index (χ1v) is 8.15. The fourth-order valence-electron chi connectivity index (χ4n) is 2.94. The molecule has 0 saturated heterocycles. The standard InChI is InChI=1S/C15H22N2O3S/c1-11-4-3-6-15(8-11,13(18)19)16-14(20)17(2)9-12-5-7-21-10-12/h5,7,10-11H,3-4,6,8-9H2,1-2H3,(H,16,20)(H,18,19). The normalized spacial score (nSPS) is 25.3. The summed E-state index contributed by atoms with van der Waals surface area (Å²) in [4.78, 5) is 25.5. The fraction of sp³-hybridized carbons (Fsp3) is 0.600. The van der Waals surface area contributed by atoms with E-state index in [4.69, 9.17) is 0 Å². The van der Waals surface area contributed by atoms with Crippen LogP contribution in [-0.2, 0) is 11.3 Å². The lowest BCUT2D eigenvalue weighted by atomic mass is 9.76. The van der Waals surface area contributed by atoms with Crippen molar-refractivity contribution in [2.45, 2.75) is 44.7 Å². The molecular formula is C15H22N2O3S. The number of nitrogens with zero attached hydrogens (tertiary/aromatic N) is 1. The molecule has 0 aliphatic heterocycles. The van der Waals surface area contributed by atoms with Gasteiger partial charge < -0.3 is 15.3 Å². The first-order chi connectivity index (χ1) is 9.93. The lowest BCUT2D eigenvalue weighted by Crippen LogP contribution is -2.59. The maximum Gasteiger partial charge on any atom is 0.329 e. The van der Waals surface area contributed by atoms with Gasteiger partial charge in [0.1, 0.15) is 5.54 Å². The Morgan fingerprint density at radius 1 is 1.57 bits per heavy atom. The number of carboxylic acid groups (broad SMARTS) is 1. The quantitative estimate of drug-likeness (QED) is 0.898. The summed E-state index contributed by atoms with van der Waals surface area (Å²) >= 11 is 1.58. The van der Waals surface area contributed by atoms with Crippen LogP contribution in [0.5, 0.6) is 0 Å². The lowest BCUT2D eigenvalue weighted by molar-refractivity contribution is -0.146. The van der Waals surface area contributed by atoms with Crippen molar-refractivity contribution >= 4 is 23.3 Å². The minimum atomic E-state index is -1.11. The van der Waals surface area contributed by atoms with Crippen molar-refractivity contribution < 1.29 is 14.7 Å². The zero-order valence-corrected chi connectivity index (χ0v) is 13.3. The van der Waals surface area contributed by atoms with Crippen LogP contribution in [0.2, 0.25) is 0 Å². The second-order valence-electron chi connectivity index (χ2n) is 6.01. The highest BCUT2D eigenvalue weighted by atomic mass is 32.1. The van der Waals surface area contributed by atoms with Gasteiger partial charge in [-0.25, -0.2) is 9.59 Å². The molecule has 116 valence electrons. The summed E-state index contributed by atoms with van der Waals surface area (Å²) in [6, 6.07) is 1.64. The number of carbonyl (C=O) groups is 2. The Hall–Kier alpha value is -1.56. The molecule has 2 atom stereocenters. The van der Waals surface area contributed by atoms with Gasteiger partial charge in [0, 0.05) is 13.6 Å². The van der Waals surface area contributed by atoms with Gasteiger partial charge in [-0.1, -0.05) is 19.8 Å². The van der Waals surface area contributed by atoms with E-state index >= 15 is 0 Å². The first kappa shape index (κ1) is 15.8. The van der Waals surface area contributed by atoms with Crippen molar-refractivity contribution in [3.8, 4) is 0 Å². The number of carboxylic acids is 1. The predicted octanol–water partition coefficient (Wildman–Crippen LogP) is 2.92. The van der Waals surface area contributed by atoms with Gasteiger partial charge in [-0.05, 0) is 41.1 Å². The third-order valence-electron chi connectivity index (χ3n) is 4.10. The molecule has 2 N–H and O–H groups in total. The van der Waals surface area contributed by atoms with Crippen LogP contribution in [0.4, 0.5) is 4.79 Å². The van der Waals surface area contributed by atoms with Crippen molar-refractivity contribution in [1.82, 2.24) is 10.2 Å². The molecule has 2 amide bonds. The Balaban J connectivity index is 2.02. The second kappa shape index (κ2) is 6.47. The maximum absolute atomic E-state index is 12.3. The van der Waals surface area contributed by atoms with E-state index in [2.05, 4.69) is 5.32 Å². The topological polar surface area (TPSA) is 69.6 Å². The van der Waals surface area contributed by atoms with E-state index in [9.17, 15) is 14.7 Å². The second-order valence-corrected chi connectivity index (χ2v) is 6.79. The Kier molecular flexibility index (Phi) is 4.88. The number of thiophene rings is 1. The number of urea groups is 1. The average Bonchev–Trinajstić information content (AvgIpc) is 2.91. The molecule has 1 fully saturated rings. The molecule has 21 heavy (non-hydrogen) atoms. The highest BCUT2D eigenvalue weighted by Crippen LogP contribution is 2.32. The summed E-state index contributed by atoms with van der Waals surface area (Å²) in [6.07, 6.45) is 2.86. The predicted molar refractivity (Wildman–Crippen MR) is 82.3 cm³/mol. The monoisotopic (exact) mass is 310 g/mol. The molecule has 1 heterocycles. The van der Waals surface area contributed by atoms with E-state index in [0.29, 0.717) is 25.3 Å². The summed E-state index contributed by atoms with van der Waals surface area (Å²) in [5.41, 5.74) is -0.0588. The Morgan fingerprint density at radius 3 is 2.90 bits per heavy atom. The van der Waals surface area contributed by atoms with E-state index in [0.717, 1.165) is 18.4 Å². The lowest BCUT2D eigenvalue weighted by Gasteiger charge is -2.38. The molecule has 0 bridgehead atoms. The highest BCUT2D eigenvalue weighted by Gasteiger charge is 2.43. The number of amides is 2. The number of nitrogens with one attached hydrogen (secondary N) is 1. The molecule has 5 nitrogen and oxygen atoms in total. The van der Waals surface area contributed by atoms with Crippen molar-refractivity contribution in [1.29, 1.82) is 0 Å². The summed E-state index contributed by atoms with van der Waals surface area (Å²) < 4.78 is 0. The van der Waals surface area contributed by atoms with E-state index in [1.807, 2.05) is 23.8 Å². The van der Waals surface area contributed by atoms with Crippen LogP contribution in [0.1, 0.15) is 38.2 Å². The van der Waals surface area contributed by atoms with E-state index in [-0.39, 0.29) is 6.03 Å². The minimum Gasteiger partial charge on any atom is -0.480 e. The molecule has 1 aromatic heterocycles. The third kappa shape index (κ3) is 3.75. The molecule has 1 aromatic rings. The molecule has 0 radical (unpaired) electrons. The Morgan fingerprint density at radius 2 is 2.33 bits per heavy atom. The minimum absolute atomic E-state index is 0.317. The van der Waals surface area contributed by atoms with Gasteiger partial charge in [-0.2, -0.15) is 11.3 Å². The highest BCUT2D eigenvalue weighted by molar-refractivity contribution is 7.07. The SMILES string of the molecule is CC1CCCC(NC(=O)N(C)Cc2ccsc2)(C(=O)O)C1. The van der Waals surface area contributed by atoms with Gasteiger partial charge in [0.25, 0.3) is 0 Å². The number of aliphatic carboxylic acids is 1. The molecule has 1 saturated carbocycles. The number of rotatable bonds is 4. The molecular weight excluding hydrogens is 288 g/mol. The summed E-state index contributed by atoms with van der Waals surface area (Å²) in [7, 11) is 1.69. The molecule has 1 aliphatic rings. The molecule has 0 aromatic carbocycles. The van der Waals surface area contributed by atoms with Crippen molar-refractivity contribution in [3.63, 3.8) is 0 Å². The summed E-state index contributed by atoms with van der Waals surface area (Å²) in [5, 5.41) is 16.3. The van der Waals surface area contributed by atoms with Crippen LogP contribution >= 0.6 is 11.3 Å². The molecule has 1 aliphatic carbocycles. The smallest absolute Gasteiger partial charge is 0.329 e. The number of hydrogen-bond acceptors (Lipinski definition) is 3. The third-order valence-corrected chi connectivity index (χ3v) is 4.83. The van der Waals surface area contributed by atoms with Gasteiger partial charge in [0.15, 0.2) is 0 Å². The van der Waals surface area contributed by atoms with Crippen LogP contribution < -0.4 is 5.32 Å². The van der Waals surface area contributed by atoms with Crippen LogP contribution in [-0.4, -0.2) is 34.6 Å². The van der Waals surface area contributed by atoms with E-state index in [1.54, 1.807) is 18.4 Å². The van der Waals surface area contributed by atoms with Crippen molar-refractivity contribution in [2.24, 2.45) is 5.92 Å². The summed E-state index contributed by atoms with van der Waals surface area (Å²) in [5.74, 6) is -0.608. The molecule has 2 unspecified atom stereocenters. The Labute approximate surface area is 129 Å². The van der Waals surface area contributed by atoms with E-state index in [1.165, 1.54) is 4.90 Å². The zero-order chi connectivity index (χ0) is 15.5. The number of carbonyl (C=O) groups excluding carboxylic acids is 1. The molecule has 2 rings (SSSR count). The fourth-order valence-corrected chi connectivity index (χ4v) is 3.60. The number of hydrogen-bond donors (Lipinski definition) is 2. The van der Waals surface area contributed by atoms with Crippen LogP contribution in [0.3, 0.4) is 0 Å². The van der Waals surface area contributed by atoms with Gasteiger partial charge in [0.05, 0.1) is 0 Å². The van der Waals surface area contributed by atoms with Crippen LogP contribution in [0, 0.1) is 5.92 Å². The van der Waals surface area contributed by atoms with Crippen LogP contribution in [0.15, 0.2) is 16.8 Å². The van der Waals surface area contributed by atoms with Crippen LogP contribution in [0.25, 0.3) is 0 Å². The average molecular weight is 310 g/mol. The van der Waals surface area contributed by atoms with Gasteiger partial charge in [-0.3, -0.25) is 0 Å². The van der Waals surface area contributed by atoms with Crippen molar-refractivity contribution in [3.05, 3.63) is 22.4 Å². The maximum atomic E-state index is 12.3. The summed E-state index contributed by atoms with van der Waals surface area (Å²) in [6.45, 7) is 2.53. The molecule has 6 heteroatoms.